The van der Waals surface area contributed by atoms with Gasteiger partial charge >= 0.3 is 0 Å². The molecule has 88 valence electrons. The van der Waals surface area contributed by atoms with Crippen LogP contribution < -0.4 is 10.6 Å². The van der Waals surface area contributed by atoms with Crippen molar-refractivity contribution in [1.29, 1.82) is 0 Å². The first-order valence-electron chi connectivity index (χ1n) is 5.14. The molecule has 0 spiro atoms. The van der Waals surface area contributed by atoms with Crippen molar-refractivity contribution in [3.05, 3.63) is 28.8 Å². The molecular weight excluding hydrogens is 230 g/mol. The van der Waals surface area contributed by atoms with Crippen molar-refractivity contribution in [2.75, 3.05) is 13.2 Å². The average molecular weight is 244 g/mol. The van der Waals surface area contributed by atoms with Gasteiger partial charge in [-0.05, 0) is 17.7 Å². The minimum atomic E-state index is 0.106. The molecule has 1 aliphatic heterocycles. The number of rotatable bonds is 4. The van der Waals surface area contributed by atoms with Crippen LogP contribution in [0.4, 0.5) is 0 Å². The second-order valence-corrected chi connectivity index (χ2v) is 4.09. The smallest absolute Gasteiger partial charge is 0.138 e. The summed E-state index contributed by atoms with van der Waals surface area (Å²) in [7, 11) is 0. The maximum Gasteiger partial charge on any atom is 0.138 e. The third-order valence-electron chi connectivity index (χ3n) is 2.43. The summed E-state index contributed by atoms with van der Waals surface area (Å²) in [4.78, 5) is 4.54. The lowest BCUT2D eigenvalue weighted by Crippen LogP contribution is -2.15. The van der Waals surface area contributed by atoms with Crippen molar-refractivity contribution in [2.45, 2.75) is 19.1 Å². The lowest BCUT2D eigenvalue weighted by molar-refractivity contribution is 0.124. The van der Waals surface area contributed by atoms with E-state index >= 15 is 0 Å². The van der Waals surface area contributed by atoms with Crippen molar-refractivity contribution in [3.8, 4) is 5.75 Å². The van der Waals surface area contributed by atoms with Crippen LogP contribution >= 0.6 is 11.6 Å². The van der Waals surface area contributed by atoms with Gasteiger partial charge in [-0.25, -0.2) is 5.90 Å². The fourth-order valence-electron chi connectivity index (χ4n) is 1.61. The van der Waals surface area contributed by atoms with Gasteiger partial charge in [0.1, 0.15) is 11.9 Å². The van der Waals surface area contributed by atoms with Gasteiger partial charge in [0.05, 0.1) is 24.8 Å². The van der Waals surface area contributed by atoms with Crippen molar-refractivity contribution in [2.24, 2.45) is 5.90 Å². The molecule has 16 heavy (non-hydrogen) atoms. The maximum absolute atomic E-state index is 6.08. The largest absolute Gasteiger partial charge is 0.486 e. The SMILES string of the molecule is NOCc1ccc(OC2CCOC2)c(Cl)c1. The number of benzene rings is 1. The van der Waals surface area contributed by atoms with E-state index < -0.39 is 0 Å². The Labute approximate surface area is 99.2 Å². The normalized spacial score (nSPS) is 20.0. The highest BCUT2D eigenvalue weighted by molar-refractivity contribution is 6.32. The fourth-order valence-corrected chi connectivity index (χ4v) is 1.86. The summed E-state index contributed by atoms with van der Waals surface area (Å²) in [5.41, 5.74) is 0.919. The van der Waals surface area contributed by atoms with Gasteiger partial charge in [0.2, 0.25) is 0 Å². The van der Waals surface area contributed by atoms with Crippen molar-refractivity contribution in [1.82, 2.24) is 0 Å². The van der Waals surface area contributed by atoms with Crippen LogP contribution in [-0.2, 0) is 16.2 Å². The van der Waals surface area contributed by atoms with Gasteiger partial charge < -0.3 is 9.47 Å². The average Bonchev–Trinajstić information content (AvgIpc) is 2.75. The van der Waals surface area contributed by atoms with Gasteiger partial charge in [0.25, 0.3) is 0 Å². The first kappa shape index (κ1) is 11.7. The van der Waals surface area contributed by atoms with Crippen LogP contribution in [0.25, 0.3) is 0 Å². The molecule has 1 unspecified atom stereocenters. The summed E-state index contributed by atoms with van der Waals surface area (Å²) in [6.07, 6.45) is 1.01. The summed E-state index contributed by atoms with van der Waals surface area (Å²) in [5, 5.41) is 0.571. The van der Waals surface area contributed by atoms with Crippen LogP contribution in [0.15, 0.2) is 18.2 Å². The second kappa shape index (κ2) is 5.50. The molecule has 0 bridgehead atoms. The van der Waals surface area contributed by atoms with Gasteiger partial charge in [-0.15, -0.1) is 0 Å². The first-order chi connectivity index (χ1) is 7.79. The Morgan fingerprint density at radius 3 is 3.00 bits per heavy atom. The topological polar surface area (TPSA) is 53.7 Å². The van der Waals surface area contributed by atoms with Crippen molar-refractivity contribution in [3.63, 3.8) is 0 Å². The molecule has 0 aromatic heterocycles. The van der Waals surface area contributed by atoms with E-state index in [9.17, 15) is 0 Å². The highest BCUT2D eigenvalue weighted by atomic mass is 35.5. The molecule has 1 aliphatic rings. The van der Waals surface area contributed by atoms with E-state index in [1.165, 1.54) is 0 Å². The zero-order chi connectivity index (χ0) is 11.4. The van der Waals surface area contributed by atoms with Gasteiger partial charge in [0.15, 0.2) is 0 Å². The molecule has 4 nitrogen and oxygen atoms in total. The Morgan fingerprint density at radius 2 is 2.38 bits per heavy atom. The highest BCUT2D eigenvalue weighted by Gasteiger charge is 2.18. The number of ether oxygens (including phenoxy) is 2. The molecule has 1 saturated heterocycles. The van der Waals surface area contributed by atoms with E-state index in [1.807, 2.05) is 12.1 Å². The molecular formula is C11H14ClNO3. The highest BCUT2D eigenvalue weighted by Crippen LogP contribution is 2.27. The lowest BCUT2D eigenvalue weighted by atomic mass is 10.2. The van der Waals surface area contributed by atoms with Crippen LogP contribution in [0.1, 0.15) is 12.0 Å². The van der Waals surface area contributed by atoms with E-state index in [1.54, 1.807) is 6.07 Å². The molecule has 2 rings (SSSR count). The summed E-state index contributed by atoms with van der Waals surface area (Å²) < 4.78 is 10.9. The minimum Gasteiger partial charge on any atom is -0.486 e. The van der Waals surface area contributed by atoms with Crippen LogP contribution in [0.5, 0.6) is 5.75 Å². The Bertz CT molecular complexity index is 353. The molecule has 1 aromatic rings. The summed E-state index contributed by atoms with van der Waals surface area (Å²) in [6, 6.07) is 5.50. The predicted octanol–water partition coefficient (Wildman–Crippen LogP) is 1.90. The molecule has 0 aliphatic carbocycles. The van der Waals surface area contributed by atoms with E-state index in [4.69, 9.17) is 27.0 Å². The van der Waals surface area contributed by atoms with Gasteiger partial charge in [0, 0.05) is 6.42 Å². The maximum atomic E-state index is 6.08. The fraction of sp³-hybridized carbons (Fsp3) is 0.455. The minimum absolute atomic E-state index is 0.106. The molecule has 1 heterocycles. The summed E-state index contributed by atoms with van der Waals surface area (Å²) >= 11 is 6.08. The van der Waals surface area contributed by atoms with Crippen LogP contribution in [0.3, 0.4) is 0 Å². The zero-order valence-corrected chi connectivity index (χ0v) is 9.57. The van der Waals surface area contributed by atoms with Gasteiger partial charge in [-0.3, -0.25) is 4.84 Å². The Balaban J connectivity index is 2.03. The number of hydrogen-bond donors (Lipinski definition) is 1. The predicted molar refractivity (Wildman–Crippen MR) is 60.3 cm³/mol. The van der Waals surface area contributed by atoms with Crippen LogP contribution in [0, 0.1) is 0 Å². The number of hydrogen-bond acceptors (Lipinski definition) is 4. The Morgan fingerprint density at radius 1 is 1.50 bits per heavy atom. The third kappa shape index (κ3) is 2.86. The molecule has 0 saturated carbocycles. The van der Waals surface area contributed by atoms with Crippen LogP contribution in [0.2, 0.25) is 5.02 Å². The molecule has 0 radical (unpaired) electrons. The van der Waals surface area contributed by atoms with E-state index in [0.717, 1.165) is 18.6 Å². The number of halogens is 1. The summed E-state index contributed by atoms with van der Waals surface area (Å²) in [6.45, 7) is 1.72. The molecule has 1 atom stereocenters. The molecule has 1 aromatic carbocycles. The third-order valence-corrected chi connectivity index (χ3v) is 2.72. The lowest BCUT2D eigenvalue weighted by Gasteiger charge is -2.13. The van der Waals surface area contributed by atoms with Gasteiger partial charge in [-0.1, -0.05) is 17.7 Å². The molecule has 0 amide bonds. The standard InChI is InChI=1S/C11H14ClNO3/c12-10-5-8(6-15-13)1-2-11(10)16-9-3-4-14-7-9/h1-2,5,9H,3-4,6-7,13H2. The van der Waals surface area contributed by atoms with E-state index in [2.05, 4.69) is 4.84 Å². The quantitative estimate of drug-likeness (QED) is 0.821. The van der Waals surface area contributed by atoms with Crippen LogP contribution in [-0.4, -0.2) is 19.3 Å². The summed E-state index contributed by atoms with van der Waals surface area (Å²) in [5.74, 6) is 5.67. The second-order valence-electron chi connectivity index (χ2n) is 3.68. The van der Waals surface area contributed by atoms with E-state index in [0.29, 0.717) is 24.0 Å². The molecule has 2 N–H and O–H groups in total. The molecule has 5 heteroatoms. The van der Waals surface area contributed by atoms with Gasteiger partial charge in [-0.2, -0.15) is 0 Å². The monoisotopic (exact) mass is 243 g/mol. The zero-order valence-electron chi connectivity index (χ0n) is 8.82. The van der Waals surface area contributed by atoms with Crippen molar-refractivity contribution >= 4 is 11.6 Å². The Hall–Kier alpha value is -0.810. The van der Waals surface area contributed by atoms with E-state index in [-0.39, 0.29) is 6.10 Å². The Kier molecular flexibility index (Phi) is 4.01. The molecule has 1 fully saturated rings. The van der Waals surface area contributed by atoms with Crippen molar-refractivity contribution < 1.29 is 14.3 Å². The number of nitrogens with two attached hydrogens (primary N) is 1. The first-order valence-corrected chi connectivity index (χ1v) is 5.52.